The molecule has 0 bridgehead atoms. The molecule has 0 aromatic heterocycles. The molecule has 2 N–H and O–H groups in total. The lowest BCUT2D eigenvalue weighted by Crippen LogP contribution is -2.35. The van der Waals surface area contributed by atoms with Gasteiger partial charge in [-0.15, -0.1) is 0 Å². The Morgan fingerprint density at radius 2 is 2.13 bits per heavy atom. The van der Waals surface area contributed by atoms with Gasteiger partial charge in [0.15, 0.2) is 0 Å². The zero-order chi connectivity index (χ0) is 11.4. The van der Waals surface area contributed by atoms with Crippen LogP contribution in [0.15, 0.2) is 22.7 Å². The first-order chi connectivity index (χ1) is 7.04. The third-order valence-corrected chi connectivity index (χ3v) is 2.70. The number of amides is 1. The number of hydrogen-bond acceptors (Lipinski definition) is 2. The standard InChI is InChI=1S/C11H15BrN2O/c1-7-4-5-9(12)6-10(7)14-8(2)11(15)13-3/h4-6,8,14H,1-3H3,(H,13,15). The molecule has 0 aliphatic rings. The van der Waals surface area contributed by atoms with Gasteiger partial charge in [0.05, 0.1) is 0 Å². The van der Waals surface area contributed by atoms with Gasteiger partial charge in [0.2, 0.25) is 5.91 Å². The molecule has 0 aliphatic heterocycles. The van der Waals surface area contributed by atoms with Crippen LogP contribution in [0.2, 0.25) is 0 Å². The van der Waals surface area contributed by atoms with Gasteiger partial charge in [0.25, 0.3) is 0 Å². The molecule has 0 saturated carbocycles. The highest BCUT2D eigenvalue weighted by Gasteiger charge is 2.11. The number of benzene rings is 1. The molecule has 0 fully saturated rings. The van der Waals surface area contributed by atoms with Crippen LogP contribution in [0, 0.1) is 6.92 Å². The van der Waals surface area contributed by atoms with E-state index in [2.05, 4.69) is 26.6 Å². The summed E-state index contributed by atoms with van der Waals surface area (Å²) < 4.78 is 1.000. The normalized spacial score (nSPS) is 12.0. The number of anilines is 1. The van der Waals surface area contributed by atoms with E-state index >= 15 is 0 Å². The van der Waals surface area contributed by atoms with E-state index in [9.17, 15) is 4.79 Å². The molecule has 0 spiro atoms. The predicted octanol–water partition coefficient (Wildman–Crippen LogP) is 2.30. The van der Waals surface area contributed by atoms with Crippen LogP contribution in [0.3, 0.4) is 0 Å². The number of rotatable bonds is 3. The highest BCUT2D eigenvalue weighted by atomic mass is 79.9. The molecule has 1 atom stereocenters. The topological polar surface area (TPSA) is 41.1 Å². The van der Waals surface area contributed by atoms with Gasteiger partial charge < -0.3 is 10.6 Å². The molecule has 0 heterocycles. The minimum Gasteiger partial charge on any atom is -0.374 e. The highest BCUT2D eigenvalue weighted by molar-refractivity contribution is 9.10. The summed E-state index contributed by atoms with van der Waals surface area (Å²) in [6, 6.07) is 5.71. The minimum atomic E-state index is -0.233. The Kier molecular flexibility index (Phi) is 4.15. The summed E-state index contributed by atoms with van der Waals surface area (Å²) in [6.45, 7) is 3.84. The van der Waals surface area contributed by atoms with Crippen molar-refractivity contribution in [3.63, 3.8) is 0 Å². The van der Waals surface area contributed by atoms with Crippen molar-refractivity contribution < 1.29 is 4.79 Å². The van der Waals surface area contributed by atoms with E-state index in [0.29, 0.717) is 0 Å². The zero-order valence-corrected chi connectivity index (χ0v) is 10.7. The number of hydrogen-bond donors (Lipinski definition) is 2. The molecule has 0 saturated heterocycles. The predicted molar refractivity (Wildman–Crippen MR) is 66.0 cm³/mol. The summed E-state index contributed by atoms with van der Waals surface area (Å²) in [5.41, 5.74) is 2.09. The van der Waals surface area contributed by atoms with E-state index in [1.165, 1.54) is 0 Å². The molecule has 1 aromatic carbocycles. The van der Waals surface area contributed by atoms with Crippen LogP contribution in [0.5, 0.6) is 0 Å². The number of halogens is 1. The van der Waals surface area contributed by atoms with Crippen molar-refractivity contribution in [1.29, 1.82) is 0 Å². The van der Waals surface area contributed by atoms with Crippen LogP contribution in [-0.2, 0) is 4.79 Å². The molecule has 4 heteroatoms. The monoisotopic (exact) mass is 270 g/mol. The largest absolute Gasteiger partial charge is 0.374 e. The van der Waals surface area contributed by atoms with Crippen molar-refractivity contribution in [3.05, 3.63) is 28.2 Å². The first kappa shape index (κ1) is 12.0. The Morgan fingerprint density at radius 3 is 2.73 bits per heavy atom. The van der Waals surface area contributed by atoms with Crippen LogP contribution in [0.25, 0.3) is 0 Å². The van der Waals surface area contributed by atoms with Crippen LogP contribution >= 0.6 is 15.9 Å². The Labute approximate surface area is 98.4 Å². The fourth-order valence-corrected chi connectivity index (χ4v) is 1.63. The van der Waals surface area contributed by atoms with E-state index in [1.54, 1.807) is 7.05 Å². The Bertz CT molecular complexity index is 366. The molecule has 1 amide bonds. The van der Waals surface area contributed by atoms with Crippen LogP contribution in [0.4, 0.5) is 5.69 Å². The lowest BCUT2D eigenvalue weighted by Gasteiger charge is -2.15. The third kappa shape index (κ3) is 3.23. The van der Waals surface area contributed by atoms with Gasteiger partial charge in [0, 0.05) is 17.2 Å². The van der Waals surface area contributed by atoms with Gasteiger partial charge >= 0.3 is 0 Å². The molecular formula is C11H15BrN2O. The van der Waals surface area contributed by atoms with Crippen molar-refractivity contribution >= 4 is 27.5 Å². The van der Waals surface area contributed by atoms with Crippen LogP contribution in [0.1, 0.15) is 12.5 Å². The second kappa shape index (κ2) is 5.16. The SMILES string of the molecule is CNC(=O)C(C)Nc1cc(Br)ccc1C. The Balaban J connectivity index is 2.80. The van der Waals surface area contributed by atoms with Gasteiger partial charge in [-0.3, -0.25) is 4.79 Å². The van der Waals surface area contributed by atoms with E-state index in [4.69, 9.17) is 0 Å². The number of aryl methyl sites for hydroxylation is 1. The molecule has 1 unspecified atom stereocenters. The van der Waals surface area contributed by atoms with Crippen molar-refractivity contribution in [3.8, 4) is 0 Å². The van der Waals surface area contributed by atoms with Gasteiger partial charge in [-0.2, -0.15) is 0 Å². The average Bonchev–Trinajstić information content (AvgIpc) is 2.22. The summed E-state index contributed by atoms with van der Waals surface area (Å²) in [6.07, 6.45) is 0. The number of likely N-dealkylation sites (N-methyl/N-ethyl adjacent to an activating group) is 1. The van der Waals surface area contributed by atoms with Gasteiger partial charge in [-0.25, -0.2) is 0 Å². The summed E-state index contributed by atoms with van der Waals surface area (Å²) in [5, 5.41) is 5.77. The van der Waals surface area contributed by atoms with Gasteiger partial charge in [0.1, 0.15) is 6.04 Å². The van der Waals surface area contributed by atoms with Gasteiger partial charge in [-0.1, -0.05) is 22.0 Å². The van der Waals surface area contributed by atoms with E-state index in [-0.39, 0.29) is 11.9 Å². The van der Waals surface area contributed by atoms with Gasteiger partial charge in [-0.05, 0) is 31.5 Å². The van der Waals surface area contributed by atoms with Crippen LogP contribution < -0.4 is 10.6 Å². The molecule has 1 aromatic rings. The fourth-order valence-electron chi connectivity index (χ4n) is 1.27. The zero-order valence-electron chi connectivity index (χ0n) is 9.10. The molecule has 3 nitrogen and oxygen atoms in total. The molecule has 82 valence electrons. The molecule has 0 radical (unpaired) electrons. The van der Waals surface area contributed by atoms with Crippen molar-refractivity contribution in [2.75, 3.05) is 12.4 Å². The fraction of sp³-hybridized carbons (Fsp3) is 0.364. The maximum atomic E-state index is 11.3. The van der Waals surface area contributed by atoms with E-state index in [0.717, 1.165) is 15.7 Å². The average molecular weight is 271 g/mol. The van der Waals surface area contributed by atoms with Crippen molar-refractivity contribution in [2.24, 2.45) is 0 Å². The maximum absolute atomic E-state index is 11.3. The lowest BCUT2D eigenvalue weighted by molar-refractivity contribution is -0.121. The highest BCUT2D eigenvalue weighted by Crippen LogP contribution is 2.21. The molecule has 0 aliphatic carbocycles. The third-order valence-electron chi connectivity index (χ3n) is 2.21. The maximum Gasteiger partial charge on any atom is 0.241 e. The van der Waals surface area contributed by atoms with Crippen LogP contribution in [-0.4, -0.2) is 19.0 Å². The first-order valence-electron chi connectivity index (χ1n) is 4.79. The Hall–Kier alpha value is -1.03. The summed E-state index contributed by atoms with van der Waals surface area (Å²) in [4.78, 5) is 11.3. The number of carbonyl (C=O) groups is 1. The summed E-state index contributed by atoms with van der Waals surface area (Å²) in [5.74, 6) is -0.0191. The molecular weight excluding hydrogens is 256 g/mol. The number of carbonyl (C=O) groups excluding carboxylic acids is 1. The first-order valence-corrected chi connectivity index (χ1v) is 5.58. The second-order valence-corrected chi connectivity index (χ2v) is 4.36. The Morgan fingerprint density at radius 1 is 1.47 bits per heavy atom. The molecule has 15 heavy (non-hydrogen) atoms. The van der Waals surface area contributed by atoms with E-state index < -0.39 is 0 Å². The minimum absolute atomic E-state index is 0.0191. The lowest BCUT2D eigenvalue weighted by atomic mass is 10.2. The second-order valence-electron chi connectivity index (χ2n) is 3.44. The quantitative estimate of drug-likeness (QED) is 0.885. The summed E-state index contributed by atoms with van der Waals surface area (Å²) in [7, 11) is 1.63. The van der Waals surface area contributed by atoms with E-state index in [1.807, 2.05) is 32.0 Å². The number of nitrogens with one attached hydrogen (secondary N) is 2. The smallest absolute Gasteiger partial charge is 0.241 e. The van der Waals surface area contributed by atoms with Crippen molar-refractivity contribution in [2.45, 2.75) is 19.9 Å². The summed E-state index contributed by atoms with van der Waals surface area (Å²) >= 11 is 3.40. The molecule has 1 rings (SSSR count). The van der Waals surface area contributed by atoms with Crippen molar-refractivity contribution in [1.82, 2.24) is 5.32 Å².